The number of carboxylic acids is 1. The molecule has 1 atom stereocenters. The fourth-order valence-corrected chi connectivity index (χ4v) is 5.44. The molecule has 0 saturated carbocycles. The topological polar surface area (TPSA) is 106 Å². The number of thiazole rings is 1. The molecule has 1 aromatic heterocycles. The molecule has 206 valence electrons. The van der Waals surface area contributed by atoms with E-state index >= 15 is 0 Å². The monoisotopic (exact) mass is 566 g/mol. The second kappa shape index (κ2) is 12.0. The summed E-state index contributed by atoms with van der Waals surface area (Å²) in [6, 6.07) is 28.2. The summed E-state index contributed by atoms with van der Waals surface area (Å²) < 4.78 is 8.19. The second-order valence-electron chi connectivity index (χ2n) is 9.30. The molecule has 0 fully saturated rings. The standard InChI is InChI=1S/C32H26N2O6S/c1-21(31(37)38)34(30(36)23-10-6-3-7-11-23)25-13-15-26(16-14-25)40-19-18-33-27-17-12-24(20-28(27)41-32(33)39)29(35)22-8-4-2-5-9-22/h2-17,20-21H,18-19H2,1H3,(H,37,38). The summed E-state index contributed by atoms with van der Waals surface area (Å²) in [5.74, 6) is -1.15. The van der Waals surface area contributed by atoms with Gasteiger partial charge in [0.2, 0.25) is 0 Å². The lowest BCUT2D eigenvalue weighted by Gasteiger charge is -2.27. The van der Waals surface area contributed by atoms with Crippen LogP contribution >= 0.6 is 11.3 Å². The number of aromatic nitrogens is 1. The van der Waals surface area contributed by atoms with Gasteiger partial charge in [0, 0.05) is 22.4 Å². The molecule has 5 aromatic rings. The Morgan fingerprint density at radius 1 is 0.854 bits per heavy atom. The molecular formula is C32H26N2O6S. The predicted octanol–water partition coefficient (Wildman–Crippen LogP) is 5.49. The number of anilines is 1. The van der Waals surface area contributed by atoms with Gasteiger partial charge in [0.15, 0.2) is 5.78 Å². The van der Waals surface area contributed by atoms with Gasteiger partial charge in [-0.15, -0.1) is 0 Å². The maximum Gasteiger partial charge on any atom is 0.326 e. The Bertz CT molecular complexity index is 1760. The molecule has 41 heavy (non-hydrogen) atoms. The van der Waals surface area contributed by atoms with Gasteiger partial charge in [0.25, 0.3) is 5.91 Å². The number of carbonyl (C=O) groups excluding carboxylic acids is 2. The number of carbonyl (C=O) groups is 3. The maximum atomic E-state index is 13.1. The van der Waals surface area contributed by atoms with Crippen LogP contribution in [0.15, 0.2) is 108 Å². The fourth-order valence-electron chi connectivity index (χ4n) is 4.48. The van der Waals surface area contributed by atoms with Crippen molar-refractivity contribution >= 4 is 44.9 Å². The third kappa shape index (κ3) is 5.95. The fraction of sp³-hybridized carbons (Fsp3) is 0.125. The van der Waals surface area contributed by atoms with Crippen molar-refractivity contribution in [2.75, 3.05) is 11.5 Å². The van der Waals surface area contributed by atoms with Crippen molar-refractivity contribution in [3.8, 4) is 5.75 Å². The summed E-state index contributed by atoms with van der Waals surface area (Å²) >= 11 is 1.08. The highest BCUT2D eigenvalue weighted by atomic mass is 32.1. The highest BCUT2D eigenvalue weighted by molar-refractivity contribution is 7.16. The van der Waals surface area contributed by atoms with E-state index in [1.54, 1.807) is 89.5 Å². The average molecular weight is 567 g/mol. The number of nitrogens with zero attached hydrogens (tertiary/aromatic N) is 2. The van der Waals surface area contributed by atoms with Gasteiger partial charge in [-0.3, -0.25) is 23.9 Å². The van der Waals surface area contributed by atoms with Gasteiger partial charge in [-0.2, -0.15) is 0 Å². The summed E-state index contributed by atoms with van der Waals surface area (Å²) in [6.07, 6.45) is 0. The smallest absolute Gasteiger partial charge is 0.326 e. The van der Waals surface area contributed by atoms with Gasteiger partial charge in [-0.05, 0) is 61.5 Å². The molecule has 0 aliphatic heterocycles. The number of rotatable bonds is 10. The molecule has 0 bridgehead atoms. The zero-order chi connectivity index (χ0) is 28.9. The Morgan fingerprint density at radius 2 is 1.49 bits per heavy atom. The number of benzene rings is 4. The Morgan fingerprint density at radius 3 is 2.12 bits per heavy atom. The highest BCUT2D eigenvalue weighted by Crippen LogP contribution is 2.25. The van der Waals surface area contributed by atoms with Gasteiger partial charge in [-0.1, -0.05) is 59.9 Å². The number of ether oxygens (including phenoxy) is 1. The number of ketones is 1. The summed E-state index contributed by atoms with van der Waals surface area (Å²) in [7, 11) is 0. The lowest BCUT2D eigenvalue weighted by molar-refractivity contribution is -0.138. The van der Waals surface area contributed by atoms with Crippen LogP contribution < -0.4 is 14.5 Å². The van der Waals surface area contributed by atoms with Crippen LogP contribution in [0, 0.1) is 0 Å². The largest absolute Gasteiger partial charge is 0.492 e. The number of hydrogen-bond acceptors (Lipinski definition) is 6. The predicted molar refractivity (Wildman–Crippen MR) is 158 cm³/mol. The third-order valence-electron chi connectivity index (χ3n) is 6.65. The van der Waals surface area contributed by atoms with Crippen molar-refractivity contribution in [3.63, 3.8) is 0 Å². The molecule has 0 radical (unpaired) electrons. The minimum Gasteiger partial charge on any atom is -0.492 e. The Hall–Kier alpha value is -5.02. The zero-order valence-corrected chi connectivity index (χ0v) is 22.9. The number of fused-ring (bicyclic) bond motifs is 1. The summed E-state index contributed by atoms with van der Waals surface area (Å²) in [4.78, 5) is 51.5. The molecule has 0 aliphatic carbocycles. The van der Waals surface area contributed by atoms with Crippen LogP contribution in [-0.4, -0.2) is 40.0 Å². The molecular weight excluding hydrogens is 540 g/mol. The first-order chi connectivity index (χ1) is 19.8. The first kappa shape index (κ1) is 27.5. The van der Waals surface area contributed by atoms with E-state index in [2.05, 4.69) is 0 Å². The molecule has 1 amide bonds. The molecule has 0 spiro atoms. The molecule has 8 nitrogen and oxygen atoms in total. The Balaban J connectivity index is 1.28. The number of carboxylic acid groups (broad SMARTS) is 1. The van der Waals surface area contributed by atoms with E-state index < -0.39 is 17.9 Å². The normalized spacial score (nSPS) is 11.6. The van der Waals surface area contributed by atoms with Crippen LogP contribution in [-0.2, 0) is 11.3 Å². The van der Waals surface area contributed by atoms with E-state index in [1.807, 2.05) is 18.2 Å². The third-order valence-corrected chi connectivity index (χ3v) is 7.59. The SMILES string of the molecule is CC(C(=O)O)N(C(=O)c1ccccc1)c1ccc(OCCn2c(=O)sc3cc(C(=O)c4ccccc4)ccc32)cc1. The molecule has 9 heteroatoms. The van der Waals surface area contributed by atoms with Crippen LogP contribution in [0.3, 0.4) is 0 Å². The summed E-state index contributed by atoms with van der Waals surface area (Å²) in [5, 5.41) is 9.60. The van der Waals surface area contributed by atoms with Crippen molar-refractivity contribution < 1.29 is 24.2 Å². The zero-order valence-electron chi connectivity index (χ0n) is 22.1. The average Bonchev–Trinajstić information content (AvgIpc) is 3.32. The molecule has 1 unspecified atom stereocenters. The molecule has 4 aromatic carbocycles. The van der Waals surface area contributed by atoms with E-state index in [0.29, 0.717) is 34.7 Å². The second-order valence-corrected chi connectivity index (χ2v) is 10.3. The molecule has 1 N–H and O–H groups in total. The van der Waals surface area contributed by atoms with Gasteiger partial charge in [0.1, 0.15) is 18.4 Å². The maximum absolute atomic E-state index is 13.1. The highest BCUT2D eigenvalue weighted by Gasteiger charge is 2.28. The van der Waals surface area contributed by atoms with E-state index in [-0.39, 0.29) is 17.3 Å². The van der Waals surface area contributed by atoms with Crippen molar-refractivity contribution in [3.05, 3.63) is 129 Å². The van der Waals surface area contributed by atoms with Gasteiger partial charge >= 0.3 is 10.8 Å². The van der Waals surface area contributed by atoms with Gasteiger partial charge in [0.05, 0.1) is 16.8 Å². The van der Waals surface area contributed by atoms with Crippen LogP contribution in [0.1, 0.15) is 33.2 Å². The Kier molecular flexibility index (Phi) is 8.07. The van der Waals surface area contributed by atoms with Gasteiger partial charge < -0.3 is 9.84 Å². The van der Waals surface area contributed by atoms with E-state index in [0.717, 1.165) is 21.6 Å². The summed E-state index contributed by atoms with van der Waals surface area (Å²) in [6.45, 7) is 1.95. The number of amides is 1. The first-order valence-corrected chi connectivity index (χ1v) is 13.7. The van der Waals surface area contributed by atoms with Crippen molar-refractivity contribution in [2.45, 2.75) is 19.5 Å². The molecule has 5 rings (SSSR count). The van der Waals surface area contributed by atoms with Crippen LogP contribution in [0.4, 0.5) is 5.69 Å². The lowest BCUT2D eigenvalue weighted by Crippen LogP contribution is -2.43. The first-order valence-electron chi connectivity index (χ1n) is 12.9. The van der Waals surface area contributed by atoms with Crippen molar-refractivity contribution in [1.82, 2.24) is 4.57 Å². The van der Waals surface area contributed by atoms with Crippen LogP contribution in [0.2, 0.25) is 0 Å². The molecule has 0 saturated heterocycles. The van der Waals surface area contributed by atoms with E-state index in [9.17, 15) is 24.3 Å². The van der Waals surface area contributed by atoms with E-state index in [4.69, 9.17) is 4.74 Å². The van der Waals surface area contributed by atoms with E-state index in [1.165, 1.54) is 11.8 Å². The number of hydrogen-bond donors (Lipinski definition) is 1. The van der Waals surface area contributed by atoms with Gasteiger partial charge in [-0.25, -0.2) is 4.79 Å². The summed E-state index contributed by atoms with van der Waals surface area (Å²) in [5.41, 5.74) is 2.63. The quantitative estimate of drug-likeness (QED) is 0.224. The van der Waals surface area contributed by atoms with Crippen molar-refractivity contribution in [1.29, 1.82) is 0 Å². The van der Waals surface area contributed by atoms with Crippen molar-refractivity contribution in [2.24, 2.45) is 0 Å². The minimum atomic E-state index is -1.13. The molecule has 0 aliphatic rings. The minimum absolute atomic E-state index is 0.103. The Labute approximate surface area is 239 Å². The van der Waals surface area contributed by atoms with Crippen LogP contribution in [0.5, 0.6) is 5.75 Å². The molecule has 1 heterocycles. The number of aliphatic carboxylic acids is 1. The lowest BCUT2D eigenvalue weighted by atomic mass is 10.0. The van der Waals surface area contributed by atoms with Crippen LogP contribution in [0.25, 0.3) is 10.2 Å².